The Morgan fingerprint density at radius 1 is 1.43 bits per heavy atom. The highest BCUT2D eigenvalue weighted by atomic mass is 79.9. The number of thiophene rings is 1. The predicted octanol–water partition coefficient (Wildman–Crippen LogP) is 3.89. The maximum atomic E-state index is 11.8. The third-order valence-electron chi connectivity index (χ3n) is 1.70. The van der Waals surface area contributed by atoms with Gasteiger partial charge in [-0.05, 0) is 27.7 Å². The van der Waals surface area contributed by atoms with Crippen LogP contribution in [0.5, 0.6) is 0 Å². The van der Waals surface area contributed by atoms with E-state index in [4.69, 9.17) is 0 Å². The summed E-state index contributed by atoms with van der Waals surface area (Å²) in [7, 11) is 0. The van der Waals surface area contributed by atoms with Gasteiger partial charge in [0.1, 0.15) is 0 Å². The number of halogens is 4. The van der Waals surface area contributed by atoms with Gasteiger partial charge in [-0.25, -0.2) is 0 Å². The molecule has 0 radical (unpaired) electrons. The second-order valence-corrected chi connectivity index (χ2v) is 4.44. The lowest BCUT2D eigenvalue weighted by Crippen LogP contribution is -2.09. The van der Waals surface area contributed by atoms with Crippen LogP contribution in [0.25, 0.3) is 0 Å². The molecule has 1 unspecified atom stereocenters. The fourth-order valence-corrected chi connectivity index (χ4v) is 2.59. The van der Waals surface area contributed by atoms with E-state index in [9.17, 15) is 18.3 Å². The van der Waals surface area contributed by atoms with Crippen LogP contribution in [0.1, 0.15) is 24.5 Å². The first-order valence-corrected chi connectivity index (χ1v) is 5.60. The van der Waals surface area contributed by atoms with E-state index in [-0.39, 0.29) is 6.42 Å². The van der Waals surface area contributed by atoms with Crippen molar-refractivity contribution >= 4 is 27.3 Å². The van der Waals surface area contributed by atoms with Crippen molar-refractivity contribution in [2.45, 2.75) is 25.1 Å². The van der Waals surface area contributed by atoms with Crippen LogP contribution in [-0.2, 0) is 0 Å². The molecule has 1 heterocycles. The van der Waals surface area contributed by atoms with Crippen LogP contribution < -0.4 is 0 Å². The maximum absolute atomic E-state index is 11.8. The van der Waals surface area contributed by atoms with Crippen LogP contribution >= 0.6 is 27.3 Å². The van der Waals surface area contributed by atoms with Gasteiger partial charge in [-0.15, -0.1) is 0 Å². The molecular formula is C8H8BrF3OS. The molecule has 0 aliphatic carbocycles. The van der Waals surface area contributed by atoms with E-state index in [1.165, 1.54) is 11.3 Å². The van der Waals surface area contributed by atoms with Gasteiger partial charge in [0.2, 0.25) is 0 Å². The van der Waals surface area contributed by atoms with E-state index in [0.717, 1.165) is 0 Å². The number of hydrogen-bond donors (Lipinski definition) is 1. The first-order chi connectivity index (χ1) is 6.40. The molecule has 0 saturated carbocycles. The zero-order valence-electron chi connectivity index (χ0n) is 7.01. The number of rotatable bonds is 3. The molecule has 1 aromatic rings. The van der Waals surface area contributed by atoms with Gasteiger partial charge < -0.3 is 5.11 Å². The van der Waals surface area contributed by atoms with E-state index in [2.05, 4.69) is 15.9 Å². The van der Waals surface area contributed by atoms with Crippen molar-refractivity contribution in [3.63, 3.8) is 0 Å². The van der Waals surface area contributed by atoms with Crippen molar-refractivity contribution in [1.29, 1.82) is 0 Å². The molecule has 0 spiro atoms. The average molecular weight is 289 g/mol. The molecule has 0 bridgehead atoms. The van der Waals surface area contributed by atoms with Crippen LogP contribution in [0, 0.1) is 0 Å². The molecule has 0 aliphatic rings. The number of hydrogen-bond acceptors (Lipinski definition) is 2. The Morgan fingerprint density at radius 3 is 2.50 bits per heavy atom. The predicted molar refractivity (Wildman–Crippen MR) is 52.3 cm³/mol. The molecule has 14 heavy (non-hydrogen) atoms. The molecule has 0 saturated heterocycles. The maximum Gasteiger partial charge on any atom is 0.389 e. The van der Waals surface area contributed by atoms with Crippen LogP contribution in [0.2, 0.25) is 0 Å². The molecule has 1 nitrogen and oxygen atoms in total. The highest BCUT2D eigenvalue weighted by Gasteiger charge is 2.28. The minimum absolute atomic E-state index is 0.293. The lowest BCUT2D eigenvalue weighted by Gasteiger charge is -2.11. The van der Waals surface area contributed by atoms with Gasteiger partial charge in [-0.3, -0.25) is 0 Å². The Balaban J connectivity index is 2.51. The largest absolute Gasteiger partial charge is 0.389 e. The highest BCUT2D eigenvalue weighted by molar-refractivity contribution is 9.10. The molecule has 0 fully saturated rings. The average Bonchev–Trinajstić information content (AvgIpc) is 2.46. The van der Waals surface area contributed by atoms with Crippen molar-refractivity contribution in [3.8, 4) is 0 Å². The van der Waals surface area contributed by atoms with E-state index < -0.39 is 18.7 Å². The first kappa shape index (κ1) is 12.0. The van der Waals surface area contributed by atoms with Crippen molar-refractivity contribution in [2.24, 2.45) is 0 Å². The topological polar surface area (TPSA) is 20.2 Å². The SMILES string of the molecule is OC(CCC(F)(F)F)c1cscc1Br. The summed E-state index contributed by atoms with van der Waals surface area (Å²) in [5.74, 6) is 0. The Bertz CT molecular complexity index is 297. The van der Waals surface area contributed by atoms with Gasteiger partial charge in [0.25, 0.3) is 0 Å². The van der Waals surface area contributed by atoms with Crippen molar-refractivity contribution in [3.05, 3.63) is 20.8 Å². The van der Waals surface area contributed by atoms with Crippen molar-refractivity contribution < 1.29 is 18.3 Å². The molecule has 1 aromatic heterocycles. The summed E-state index contributed by atoms with van der Waals surface area (Å²) in [5.41, 5.74) is 0.527. The Kier molecular flexibility index (Phi) is 3.97. The second kappa shape index (κ2) is 4.63. The minimum atomic E-state index is -4.20. The zero-order chi connectivity index (χ0) is 10.8. The van der Waals surface area contributed by atoms with E-state index in [1.807, 2.05) is 0 Å². The molecule has 1 atom stereocenters. The first-order valence-electron chi connectivity index (χ1n) is 3.86. The third kappa shape index (κ3) is 3.59. The normalized spacial score (nSPS) is 14.4. The number of aliphatic hydroxyl groups excluding tert-OH is 1. The van der Waals surface area contributed by atoms with Gasteiger partial charge in [-0.2, -0.15) is 24.5 Å². The lowest BCUT2D eigenvalue weighted by atomic mass is 10.1. The summed E-state index contributed by atoms with van der Waals surface area (Å²) in [5, 5.41) is 12.8. The summed E-state index contributed by atoms with van der Waals surface area (Å²) in [6, 6.07) is 0. The van der Waals surface area contributed by atoms with Crippen LogP contribution in [0.3, 0.4) is 0 Å². The summed E-state index contributed by atoms with van der Waals surface area (Å²) in [6.07, 6.45) is -6.50. The number of alkyl halides is 3. The molecule has 0 aromatic carbocycles. The van der Waals surface area contributed by atoms with Crippen LogP contribution in [-0.4, -0.2) is 11.3 Å². The molecule has 0 aliphatic heterocycles. The highest BCUT2D eigenvalue weighted by Crippen LogP contribution is 2.32. The number of aliphatic hydroxyl groups is 1. The molecule has 6 heteroatoms. The molecule has 1 N–H and O–H groups in total. The Labute approximate surface area is 91.7 Å². The van der Waals surface area contributed by atoms with Gasteiger partial charge in [0.05, 0.1) is 6.10 Å². The second-order valence-electron chi connectivity index (χ2n) is 2.84. The quantitative estimate of drug-likeness (QED) is 0.895. The van der Waals surface area contributed by atoms with Crippen molar-refractivity contribution in [1.82, 2.24) is 0 Å². The smallest absolute Gasteiger partial charge is 0.388 e. The van der Waals surface area contributed by atoms with Gasteiger partial charge >= 0.3 is 6.18 Å². The summed E-state index contributed by atoms with van der Waals surface area (Å²) in [4.78, 5) is 0. The molecule has 80 valence electrons. The van der Waals surface area contributed by atoms with E-state index in [1.54, 1.807) is 10.8 Å². The van der Waals surface area contributed by atoms with Gasteiger partial charge in [0.15, 0.2) is 0 Å². The van der Waals surface area contributed by atoms with Crippen molar-refractivity contribution in [2.75, 3.05) is 0 Å². The van der Waals surface area contributed by atoms with Crippen LogP contribution in [0.4, 0.5) is 13.2 Å². The summed E-state index contributed by atoms with van der Waals surface area (Å²) in [6.45, 7) is 0. The van der Waals surface area contributed by atoms with Gasteiger partial charge in [-0.1, -0.05) is 0 Å². The third-order valence-corrected chi connectivity index (χ3v) is 3.45. The Hall–Kier alpha value is -0.0700. The Morgan fingerprint density at radius 2 is 2.07 bits per heavy atom. The lowest BCUT2D eigenvalue weighted by molar-refractivity contribution is -0.140. The molecule has 0 amide bonds. The van der Waals surface area contributed by atoms with Crippen LogP contribution in [0.15, 0.2) is 15.2 Å². The molecule has 1 rings (SSSR count). The monoisotopic (exact) mass is 288 g/mol. The summed E-state index contributed by atoms with van der Waals surface area (Å²) >= 11 is 4.50. The fourth-order valence-electron chi connectivity index (χ4n) is 0.985. The van der Waals surface area contributed by atoms with E-state index >= 15 is 0 Å². The standard InChI is InChI=1S/C8H8BrF3OS/c9-6-4-14-3-5(6)7(13)1-2-8(10,11)12/h3-4,7,13H,1-2H2. The minimum Gasteiger partial charge on any atom is -0.388 e. The molecular weight excluding hydrogens is 281 g/mol. The van der Waals surface area contributed by atoms with E-state index in [0.29, 0.717) is 10.0 Å². The summed E-state index contributed by atoms with van der Waals surface area (Å²) < 4.78 is 36.2. The van der Waals surface area contributed by atoms with Gasteiger partial charge in [0, 0.05) is 21.8 Å². The zero-order valence-corrected chi connectivity index (χ0v) is 9.42. The fraction of sp³-hybridized carbons (Fsp3) is 0.500.